The van der Waals surface area contributed by atoms with Crippen LogP contribution in [0.4, 0.5) is 0 Å². The van der Waals surface area contributed by atoms with Gasteiger partial charge in [0.1, 0.15) is 11.9 Å². The van der Waals surface area contributed by atoms with E-state index in [0.717, 1.165) is 42.1 Å². The Hall–Kier alpha value is -4.83. The molecule has 5 aliphatic heterocycles. The van der Waals surface area contributed by atoms with E-state index in [1.54, 1.807) is 13.2 Å². The molecule has 9 rings (SSSR count). The van der Waals surface area contributed by atoms with Gasteiger partial charge in [-0.2, -0.15) is 0 Å². The molecule has 0 saturated carbocycles. The maximum absolute atomic E-state index is 13.3. The Morgan fingerprint density at radius 3 is 2.60 bits per heavy atom. The minimum absolute atomic E-state index is 0.0292. The number of imidazole rings is 1. The lowest BCUT2D eigenvalue weighted by Crippen LogP contribution is -2.57. The standard InChI is InChI=1S/C35H39N5O5/c1-43-33-17-25-9-13-32(33)44-23-35(42)38-30-22-39(21-28-19-36-24-40(28)20-27-5-3-2-4-6-27)16-15-31(30)45-29-11-7-26(8-12-29)18-37-34(41)14-10-25/h2-9,11-13,17,19,24,30-31H,10,14-16,18,20-23H2,1H3,(H,37,41)(H,38,42)/t30-,31-/m1/s1. The molecule has 0 unspecified atom stereocenters. The molecule has 10 nitrogen and oxygen atoms in total. The largest absolute Gasteiger partial charge is 0.493 e. The average Bonchev–Trinajstić information content (AvgIpc) is 3.49. The number of rotatable bonds is 5. The minimum atomic E-state index is -0.269. The maximum atomic E-state index is 13.3. The monoisotopic (exact) mass is 609 g/mol. The van der Waals surface area contributed by atoms with Crippen molar-refractivity contribution in [3.8, 4) is 17.2 Å². The normalized spacial score (nSPS) is 19.5. The molecule has 4 bridgehead atoms. The highest BCUT2D eigenvalue weighted by molar-refractivity contribution is 5.78. The quantitative estimate of drug-likeness (QED) is 0.355. The van der Waals surface area contributed by atoms with Crippen molar-refractivity contribution in [1.82, 2.24) is 25.1 Å². The first-order valence-corrected chi connectivity index (χ1v) is 15.4. The zero-order valence-electron chi connectivity index (χ0n) is 25.5. The predicted molar refractivity (Wildman–Crippen MR) is 169 cm³/mol. The number of methoxy groups -OCH3 is 1. The van der Waals surface area contributed by atoms with Crippen LogP contribution in [0.25, 0.3) is 0 Å². The Labute approximate surface area is 263 Å². The third-order valence-electron chi connectivity index (χ3n) is 8.29. The number of amides is 2. The SMILES string of the molecule is COc1cc2ccc1OCC(=O)N[C@@H]1CN(Cc3cncn3Cc3ccccc3)CC[C@H]1Oc1ccc(cc1)CNC(=O)CC2. The van der Waals surface area contributed by atoms with E-state index < -0.39 is 0 Å². The van der Waals surface area contributed by atoms with Crippen LogP contribution in [0.2, 0.25) is 0 Å². The lowest BCUT2D eigenvalue weighted by Gasteiger charge is -2.39. The number of piperidine rings is 1. The molecule has 2 N–H and O–H groups in total. The second kappa shape index (κ2) is 14.3. The van der Waals surface area contributed by atoms with Crippen LogP contribution in [0.15, 0.2) is 85.3 Å². The van der Waals surface area contributed by atoms with Crippen LogP contribution in [-0.2, 0) is 35.6 Å². The van der Waals surface area contributed by atoms with Gasteiger partial charge in [0.2, 0.25) is 5.91 Å². The van der Waals surface area contributed by atoms with Gasteiger partial charge in [-0.15, -0.1) is 0 Å². The number of nitrogens with zero attached hydrogens (tertiary/aromatic N) is 3. The molecule has 4 aromatic rings. The molecule has 6 heterocycles. The van der Waals surface area contributed by atoms with Crippen LogP contribution in [0.3, 0.4) is 0 Å². The number of ether oxygens (including phenoxy) is 3. The number of carbonyl (C=O) groups excluding carboxylic acids is 2. The Kier molecular flexibility index (Phi) is 9.60. The zero-order valence-corrected chi connectivity index (χ0v) is 25.5. The van der Waals surface area contributed by atoms with Crippen LogP contribution < -0.4 is 24.8 Å². The van der Waals surface area contributed by atoms with Crippen molar-refractivity contribution in [3.05, 3.63) is 108 Å². The van der Waals surface area contributed by atoms with Crippen molar-refractivity contribution in [2.24, 2.45) is 0 Å². The Bertz CT molecular complexity index is 1590. The summed E-state index contributed by atoms with van der Waals surface area (Å²) in [6.45, 7) is 3.13. The summed E-state index contributed by atoms with van der Waals surface area (Å²) in [5.74, 6) is 1.44. The van der Waals surface area contributed by atoms with Crippen LogP contribution in [0.1, 0.15) is 35.2 Å². The smallest absolute Gasteiger partial charge is 0.258 e. The number of aryl methyl sites for hydroxylation is 1. The number of hydrogen-bond donors (Lipinski definition) is 2. The van der Waals surface area contributed by atoms with E-state index in [4.69, 9.17) is 14.2 Å². The molecule has 1 aromatic heterocycles. The van der Waals surface area contributed by atoms with Gasteiger partial charge in [0.25, 0.3) is 5.91 Å². The predicted octanol–water partition coefficient (Wildman–Crippen LogP) is 3.72. The molecule has 0 aliphatic carbocycles. The third-order valence-corrected chi connectivity index (χ3v) is 8.29. The molecule has 1 saturated heterocycles. The molecule has 2 atom stereocenters. The van der Waals surface area contributed by atoms with Crippen molar-refractivity contribution >= 4 is 11.8 Å². The average molecular weight is 610 g/mol. The highest BCUT2D eigenvalue weighted by Gasteiger charge is 2.33. The van der Waals surface area contributed by atoms with E-state index in [-0.39, 0.29) is 30.6 Å². The van der Waals surface area contributed by atoms with Gasteiger partial charge in [-0.1, -0.05) is 48.5 Å². The summed E-state index contributed by atoms with van der Waals surface area (Å²) in [7, 11) is 1.56. The van der Waals surface area contributed by atoms with E-state index in [0.29, 0.717) is 44.0 Å². The fraction of sp³-hybridized carbons (Fsp3) is 0.343. The molecule has 0 spiro atoms. The Morgan fingerprint density at radius 1 is 0.956 bits per heavy atom. The summed E-state index contributed by atoms with van der Waals surface area (Å²) < 4.78 is 20.0. The molecule has 1 fully saturated rings. The maximum Gasteiger partial charge on any atom is 0.258 e. The van der Waals surface area contributed by atoms with Gasteiger partial charge in [-0.3, -0.25) is 14.5 Å². The van der Waals surface area contributed by atoms with Crippen LogP contribution >= 0.6 is 0 Å². The number of benzene rings is 3. The summed E-state index contributed by atoms with van der Waals surface area (Å²) in [6.07, 6.45) is 5.18. The Balaban J connectivity index is 1.19. The topological polar surface area (TPSA) is 107 Å². The second-order valence-electron chi connectivity index (χ2n) is 11.5. The van der Waals surface area contributed by atoms with E-state index >= 15 is 0 Å². The third kappa shape index (κ3) is 8.02. The number of likely N-dealkylation sites (tertiary alicyclic amines) is 1. The van der Waals surface area contributed by atoms with Gasteiger partial charge in [0.05, 0.1) is 25.2 Å². The summed E-state index contributed by atoms with van der Waals surface area (Å²) in [5, 5.41) is 6.18. The molecule has 234 valence electrons. The van der Waals surface area contributed by atoms with Gasteiger partial charge >= 0.3 is 0 Å². The van der Waals surface area contributed by atoms with Gasteiger partial charge in [-0.25, -0.2) is 4.98 Å². The van der Waals surface area contributed by atoms with Crippen LogP contribution in [-0.4, -0.2) is 65.2 Å². The summed E-state index contributed by atoms with van der Waals surface area (Å²) in [5.41, 5.74) is 4.26. The van der Waals surface area contributed by atoms with Crippen molar-refractivity contribution < 1.29 is 23.8 Å². The van der Waals surface area contributed by atoms with Crippen LogP contribution in [0, 0.1) is 0 Å². The van der Waals surface area contributed by atoms with Crippen molar-refractivity contribution in [1.29, 1.82) is 0 Å². The summed E-state index contributed by atoms with van der Waals surface area (Å²) >= 11 is 0. The minimum Gasteiger partial charge on any atom is -0.493 e. The summed E-state index contributed by atoms with van der Waals surface area (Å²) in [6, 6.07) is 23.4. The fourth-order valence-electron chi connectivity index (χ4n) is 5.84. The molecular formula is C35H39N5O5. The highest BCUT2D eigenvalue weighted by atomic mass is 16.5. The molecular weight excluding hydrogens is 570 g/mol. The van der Waals surface area contributed by atoms with E-state index in [9.17, 15) is 9.59 Å². The molecule has 10 heteroatoms. The molecule has 2 amide bonds. The van der Waals surface area contributed by atoms with Crippen molar-refractivity contribution in [3.63, 3.8) is 0 Å². The number of nitrogens with one attached hydrogen (secondary N) is 2. The van der Waals surface area contributed by atoms with Crippen molar-refractivity contribution in [2.45, 2.75) is 51.0 Å². The van der Waals surface area contributed by atoms with E-state index in [1.807, 2.05) is 67.1 Å². The molecule has 3 aromatic carbocycles. The summed E-state index contributed by atoms with van der Waals surface area (Å²) in [4.78, 5) is 32.5. The lowest BCUT2D eigenvalue weighted by atomic mass is 10.0. The van der Waals surface area contributed by atoms with Crippen LogP contribution in [0.5, 0.6) is 17.2 Å². The van der Waals surface area contributed by atoms with Gasteiger partial charge < -0.3 is 29.4 Å². The number of aromatic nitrogens is 2. The number of hydrogen-bond acceptors (Lipinski definition) is 7. The molecule has 0 radical (unpaired) electrons. The lowest BCUT2D eigenvalue weighted by molar-refractivity contribution is -0.125. The van der Waals surface area contributed by atoms with Crippen molar-refractivity contribution in [2.75, 3.05) is 26.8 Å². The first kappa shape index (κ1) is 30.2. The first-order valence-electron chi connectivity index (χ1n) is 15.4. The van der Waals surface area contributed by atoms with Gasteiger partial charge in [0, 0.05) is 45.3 Å². The zero-order chi connectivity index (χ0) is 31.0. The molecule has 45 heavy (non-hydrogen) atoms. The van der Waals surface area contributed by atoms with E-state index in [1.165, 1.54) is 5.56 Å². The first-order chi connectivity index (χ1) is 22.0. The van der Waals surface area contributed by atoms with E-state index in [2.05, 4.69) is 37.2 Å². The Morgan fingerprint density at radius 2 is 1.78 bits per heavy atom. The van der Waals surface area contributed by atoms with Gasteiger partial charge in [-0.05, 0) is 53.8 Å². The highest BCUT2D eigenvalue weighted by Crippen LogP contribution is 2.29. The number of carbonyl (C=O) groups is 2. The fourth-order valence-corrected chi connectivity index (χ4v) is 5.84. The van der Waals surface area contributed by atoms with Gasteiger partial charge in [0.15, 0.2) is 18.1 Å². The molecule has 5 aliphatic rings. The second-order valence-corrected chi connectivity index (χ2v) is 11.5.